The molecule has 42 heavy (non-hydrogen) atoms. The lowest BCUT2D eigenvalue weighted by molar-refractivity contribution is -0.141. The maximum absolute atomic E-state index is 13.5. The zero-order valence-electron chi connectivity index (χ0n) is 24.0. The van der Waals surface area contributed by atoms with Crippen LogP contribution in [0, 0.1) is 5.92 Å². The van der Waals surface area contributed by atoms with E-state index in [2.05, 4.69) is 10.6 Å². The van der Waals surface area contributed by atoms with Crippen LogP contribution in [0.2, 0.25) is 0 Å². The van der Waals surface area contributed by atoms with Crippen molar-refractivity contribution in [2.75, 3.05) is 26.9 Å². The van der Waals surface area contributed by atoms with E-state index in [9.17, 15) is 34.2 Å². The molecule has 0 bridgehead atoms. The van der Waals surface area contributed by atoms with Crippen LogP contribution in [0.1, 0.15) is 43.7 Å². The van der Waals surface area contributed by atoms with Crippen molar-refractivity contribution in [1.82, 2.24) is 10.6 Å². The molecule has 11 nitrogen and oxygen atoms in total. The van der Waals surface area contributed by atoms with E-state index in [1.165, 1.54) is 19.1 Å². The predicted octanol–water partition coefficient (Wildman–Crippen LogP) is 2.23. The Balaban J connectivity index is 2.19. The molecule has 0 aliphatic carbocycles. The van der Waals surface area contributed by atoms with Crippen molar-refractivity contribution in [3.63, 3.8) is 0 Å². The number of nitrogens with one attached hydrogen (secondary N) is 2. The van der Waals surface area contributed by atoms with Crippen molar-refractivity contribution < 1.29 is 43.7 Å². The second kappa shape index (κ2) is 18.4. The molecule has 3 atom stereocenters. The summed E-state index contributed by atoms with van der Waals surface area (Å²) in [7, 11) is 1.54. The van der Waals surface area contributed by atoms with Gasteiger partial charge in [-0.1, -0.05) is 42.5 Å². The van der Waals surface area contributed by atoms with Gasteiger partial charge in [-0.3, -0.25) is 24.0 Å². The molecule has 2 aromatic rings. The minimum absolute atomic E-state index is 0.00469. The van der Waals surface area contributed by atoms with E-state index in [-0.39, 0.29) is 38.0 Å². The normalized spacial score (nSPS) is 13.0. The second-order valence-electron chi connectivity index (χ2n) is 10.0. The van der Waals surface area contributed by atoms with Crippen molar-refractivity contribution in [2.45, 2.75) is 57.5 Å². The van der Waals surface area contributed by atoms with Crippen molar-refractivity contribution >= 4 is 29.4 Å². The third-order valence-electron chi connectivity index (χ3n) is 6.51. The van der Waals surface area contributed by atoms with Gasteiger partial charge in [0.25, 0.3) is 0 Å². The molecular formula is C31H40N2O9. The van der Waals surface area contributed by atoms with Gasteiger partial charge in [-0.05, 0) is 42.5 Å². The summed E-state index contributed by atoms with van der Waals surface area (Å²) in [6.45, 7) is 2.34. The van der Waals surface area contributed by atoms with Crippen molar-refractivity contribution in [2.24, 2.45) is 5.92 Å². The number of phenolic OH excluding ortho intramolecular Hbond substituents is 1. The van der Waals surface area contributed by atoms with Crippen LogP contribution in [0.15, 0.2) is 54.6 Å². The molecule has 228 valence electrons. The predicted molar refractivity (Wildman–Crippen MR) is 154 cm³/mol. The first kappa shape index (κ1) is 34.1. The highest BCUT2D eigenvalue weighted by molar-refractivity contribution is 5.95. The standard InChI is InChI=1S/C31H40N2O9/c1-21(34)32-26(18-23-10-12-25(35)13-11-23)29(37)19-24(17-22-7-4-3-5-8-22)31(40)33-27(20-30(38)39)28(36)9-6-14-42-16-15-41-2/h3-5,7-8,10-13,24,26-27,35H,6,9,14-20H2,1-2H3,(H,32,34)(H,33,40)(H,38,39)/t24-,26+,27+/m1/s1. The second-order valence-corrected chi connectivity index (χ2v) is 10.0. The van der Waals surface area contributed by atoms with Crippen LogP contribution in [0.3, 0.4) is 0 Å². The maximum atomic E-state index is 13.5. The largest absolute Gasteiger partial charge is 0.508 e. The highest BCUT2D eigenvalue weighted by atomic mass is 16.5. The minimum atomic E-state index is -1.27. The average Bonchev–Trinajstić information content (AvgIpc) is 2.94. The number of aromatic hydroxyl groups is 1. The topological polar surface area (TPSA) is 168 Å². The van der Waals surface area contributed by atoms with Crippen LogP contribution >= 0.6 is 0 Å². The fourth-order valence-electron chi connectivity index (χ4n) is 4.38. The first-order chi connectivity index (χ1) is 20.1. The highest BCUT2D eigenvalue weighted by Gasteiger charge is 2.31. The summed E-state index contributed by atoms with van der Waals surface area (Å²) in [6.07, 6.45) is -0.209. The molecule has 0 aliphatic rings. The molecule has 2 aromatic carbocycles. The number of phenols is 1. The Morgan fingerprint density at radius 2 is 1.45 bits per heavy atom. The van der Waals surface area contributed by atoms with Gasteiger partial charge in [-0.15, -0.1) is 0 Å². The van der Waals surface area contributed by atoms with Gasteiger partial charge in [-0.25, -0.2) is 0 Å². The van der Waals surface area contributed by atoms with Gasteiger partial charge >= 0.3 is 5.97 Å². The number of aliphatic carboxylic acids is 1. The van der Waals surface area contributed by atoms with E-state index in [1.54, 1.807) is 43.5 Å². The molecule has 0 saturated heterocycles. The number of ether oxygens (including phenoxy) is 2. The van der Waals surface area contributed by atoms with Gasteiger partial charge < -0.3 is 30.3 Å². The number of amides is 2. The molecule has 2 amide bonds. The first-order valence-corrected chi connectivity index (χ1v) is 13.8. The molecule has 11 heteroatoms. The fraction of sp³-hybridized carbons (Fsp3) is 0.452. The van der Waals surface area contributed by atoms with Gasteiger partial charge in [-0.2, -0.15) is 0 Å². The number of carboxylic acid groups (broad SMARTS) is 1. The number of Topliss-reactive ketones (excluding diaryl/α,β-unsaturated/α-hetero) is 2. The number of hydrogen-bond donors (Lipinski definition) is 4. The van der Waals surface area contributed by atoms with E-state index >= 15 is 0 Å². The molecule has 0 radical (unpaired) electrons. The summed E-state index contributed by atoms with van der Waals surface area (Å²) in [4.78, 5) is 63.3. The van der Waals surface area contributed by atoms with Gasteiger partial charge in [0.05, 0.1) is 31.7 Å². The lowest BCUT2D eigenvalue weighted by Crippen LogP contribution is -2.47. The molecule has 0 saturated carbocycles. The fourth-order valence-corrected chi connectivity index (χ4v) is 4.38. The number of rotatable bonds is 20. The average molecular weight is 585 g/mol. The van der Waals surface area contributed by atoms with Crippen LogP contribution in [0.25, 0.3) is 0 Å². The number of hydrogen-bond acceptors (Lipinski definition) is 8. The van der Waals surface area contributed by atoms with Crippen LogP contribution in [0.5, 0.6) is 5.75 Å². The summed E-state index contributed by atoms with van der Waals surface area (Å²) >= 11 is 0. The van der Waals surface area contributed by atoms with E-state index in [1.807, 2.05) is 6.07 Å². The van der Waals surface area contributed by atoms with E-state index < -0.39 is 53.8 Å². The Bertz CT molecular complexity index is 1170. The third-order valence-corrected chi connectivity index (χ3v) is 6.51. The van der Waals surface area contributed by atoms with Crippen LogP contribution in [0.4, 0.5) is 0 Å². The number of carbonyl (C=O) groups excluding carboxylic acids is 4. The molecule has 0 aromatic heterocycles. The minimum Gasteiger partial charge on any atom is -0.508 e. The first-order valence-electron chi connectivity index (χ1n) is 13.8. The molecule has 0 unspecified atom stereocenters. The molecule has 4 N–H and O–H groups in total. The van der Waals surface area contributed by atoms with E-state index in [4.69, 9.17) is 9.47 Å². The van der Waals surface area contributed by atoms with Crippen molar-refractivity contribution in [3.8, 4) is 5.75 Å². The van der Waals surface area contributed by atoms with Gasteiger partial charge in [0.1, 0.15) is 5.75 Å². The molecular weight excluding hydrogens is 544 g/mol. The molecule has 2 rings (SSSR count). The van der Waals surface area contributed by atoms with Crippen molar-refractivity contribution in [3.05, 3.63) is 65.7 Å². The zero-order valence-corrected chi connectivity index (χ0v) is 24.0. The third kappa shape index (κ3) is 13.0. The quantitative estimate of drug-likeness (QED) is 0.171. The number of benzene rings is 2. The molecule has 0 heterocycles. The summed E-state index contributed by atoms with van der Waals surface area (Å²) in [6, 6.07) is 13.0. The lowest BCUT2D eigenvalue weighted by Gasteiger charge is -2.23. The van der Waals surface area contributed by atoms with E-state index in [0.29, 0.717) is 25.2 Å². The van der Waals surface area contributed by atoms with Gasteiger partial charge in [0.15, 0.2) is 11.6 Å². The number of carbonyl (C=O) groups is 5. The Kier molecular flexibility index (Phi) is 14.9. The Morgan fingerprint density at radius 3 is 2.07 bits per heavy atom. The van der Waals surface area contributed by atoms with E-state index in [0.717, 1.165) is 5.56 Å². The van der Waals surface area contributed by atoms with Gasteiger partial charge in [0.2, 0.25) is 11.8 Å². The SMILES string of the molecule is COCCOCCCC(=O)[C@H](CC(=O)O)NC(=O)[C@@H](CC(=O)[C@H](Cc1ccc(O)cc1)NC(C)=O)Cc1ccccc1. The Morgan fingerprint density at radius 1 is 0.786 bits per heavy atom. The summed E-state index contributed by atoms with van der Waals surface area (Å²) < 4.78 is 10.2. The van der Waals surface area contributed by atoms with Crippen LogP contribution in [-0.4, -0.2) is 78.6 Å². The van der Waals surface area contributed by atoms with Crippen LogP contribution < -0.4 is 10.6 Å². The molecule has 0 spiro atoms. The van der Waals surface area contributed by atoms with Gasteiger partial charge in [0, 0.05) is 39.4 Å². The van der Waals surface area contributed by atoms with Crippen molar-refractivity contribution in [1.29, 1.82) is 0 Å². The molecule has 0 aliphatic heterocycles. The summed E-state index contributed by atoms with van der Waals surface area (Å²) in [5.74, 6) is -4.02. The summed E-state index contributed by atoms with van der Waals surface area (Å²) in [5, 5.41) is 24.2. The Hall–Kier alpha value is -4.09. The maximum Gasteiger partial charge on any atom is 0.305 e. The number of carboxylic acids is 1. The Labute approximate surface area is 245 Å². The lowest BCUT2D eigenvalue weighted by atomic mass is 9.89. The monoisotopic (exact) mass is 584 g/mol. The number of ketones is 2. The molecule has 0 fully saturated rings. The zero-order chi connectivity index (χ0) is 30.9. The highest BCUT2D eigenvalue weighted by Crippen LogP contribution is 2.18. The van der Waals surface area contributed by atoms with Crippen LogP contribution in [-0.2, 0) is 46.3 Å². The smallest absolute Gasteiger partial charge is 0.305 e. The summed E-state index contributed by atoms with van der Waals surface area (Å²) in [5.41, 5.74) is 1.47. The number of methoxy groups -OCH3 is 1.